The highest BCUT2D eigenvalue weighted by molar-refractivity contribution is 5.22. The highest BCUT2D eigenvalue weighted by Crippen LogP contribution is 2.41. The van der Waals surface area contributed by atoms with E-state index in [1.54, 1.807) is 14.2 Å². The SMILES string of the molecule is COC(C)(C(C)=C(C)C)C(C)(C)C.COC(C)(C)C(C)(C)C(C)=C(C)C. The van der Waals surface area contributed by atoms with Gasteiger partial charge in [0.05, 0.1) is 11.2 Å². The zero-order valence-corrected chi connectivity index (χ0v) is 20.8. The molecule has 0 aromatic carbocycles. The van der Waals surface area contributed by atoms with E-state index in [0.717, 1.165) is 0 Å². The minimum absolute atomic E-state index is 0.0839. The van der Waals surface area contributed by atoms with Crippen LogP contribution in [0.3, 0.4) is 0 Å². The number of hydrogen-bond donors (Lipinski definition) is 0. The molecule has 0 bridgehead atoms. The van der Waals surface area contributed by atoms with Gasteiger partial charge in [-0.25, -0.2) is 0 Å². The van der Waals surface area contributed by atoms with Crippen molar-refractivity contribution in [3.05, 3.63) is 22.3 Å². The van der Waals surface area contributed by atoms with E-state index in [4.69, 9.17) is 9.47 Å². The first-order chi connectivity index (χ1) is 11.3. The van der Waals surface area contributed by atoms with Gasteiger partial charge in [-0.2, -0.15) is 0 Å². The number of hydrogen-bond acceptors (Lipinski definition) is 2. The van der Waals surface area contributed by atoms with Gasteiger partial charge >= 0.3 is 0 Å². The number of ether oxygens (including phenoxy) is 2. The van der Waals surface area contributed by atoms with Crippen molar-refractivity contribution < 1.29 is 9.47 Å². The molecule has 0 aliphatic rings. The largest absolute Gasteiger partial charge is 0.378 e. The Labute approximate surface area is 165 Å². The zero-order chi connectivity index (χ0) is 21.7. The Morgan fingerprint density at radius 1 is 0.538 bits per heavy atom. The average molecular weight is 369 g/mol. The van der Waals surface area contributed by atoms with Crippen molar-refractivity contribution in [3.63, 3.8) is 0 Å². The Morgan fingerprint density at radius 2 is 0.885 bits per heavy atom. The van der Waals surface area contributed by atoms with Crippen LogP contribution < -0.4 is 0 Å². The maximum atomic E-state index is 5.67. The van der Waals surface area contributed by atoms with Crippen molar-refractivity contribution in [2.24, 2.45) is 10.8 Å². The number of rotatable bonds is 5. The van der Waals surface area contributed by atoms with Crippen molar-refractivity contribution in [3.8, 4) is 0 Å². The summed E-state index contributed by atoms with van der Waals surface area (Å²) in [5.41, 5.74) is 5.42. The summed E-state index contributed by atoms with van der Waals surface area (Å²) >= 11 is 0. The topological polar surface area (TPSA) is 18.5 Å². The highest BCUT2D eigenvalue weighted by atomic mass is 16.5. The zero-order valence-electron chi connectivity index (χ0n) is 20.8. The van der Waals surface area contributed by atoms with E-state index in [2.05, 4.69) is 96.9 Å². The molecule has 0 spiro atoms. The second-order valence-corrected chi connectivity index (χ2v) is 10.1. The second-order valence-electron chi connectivity index (χ2n) is 10.1. The molecule has 2 nitrogen and oxygen atoms in total. The van der Waals surface area contributed by atoms with Crippen LogP contribution in [0.2, 0.25) is 0 Å². The monoisotopic (exact) mass is 368 g/mol. The molecule has 0 heterocycles. The number of allylic oxidation sites excluding steroid dienone is 2. The van der Waals surface area contributed by atoms with Gasteiger partial charge < -0.3 is 9.47 Å². The summed E-state index contributed by atoms with van der Waals surface area (Å²) in [4.78, 5) is 0. The lowest BCUT2D eigenvalue weighted by Gasteiger charge is -2.42. The predicted octanol–water partition coefficient (Wildman–Crippen LogP) is 7.59. The number of methoxy groups -OCH3 is 2. The van der Waals surface area contributed by atoms with Gasteiger partial charge in [0.2, 0.25) is 0 Å². The Bertz CT molecular complexity index is 505. The highest BCUT2D eigenvalue weighted by Gasteiger charge is 2.39. The van der Waals surface area contributed by atoms with Crippen LogP contribution in [0, 0.1) is 10.8 Å². The summed E-state index contributed by atoms with van der Waals surface area (Å²) in [5, 5.41) is 0. The molecule has 0 saturated carbocycles. The van der Waals surface area contributed by atoms with Crippen LogP contribution in [0.4, 0.5) is 0 Å². The van der Waals surface area contributed by atoms with E-state index < -0.39 is 0 Å². The molecule has 0 aliphatic heterocycles. The standard InChI is InChI=1S/2C12H24O/c1-9(2)10(3)11(4,5)12(6,7)13-8;1-9(2)10(3)12(7,13-8)11(4,5)6/h2*1-8H3. The lowest BCUT2D eigenvalue weighted by atomic mass is 9.70. The molecule has 0 N–H and O–H groups in total. The van der Waals surface area contributed by atoms with Crippen molar-refractivity contribution in [2.75, 3.05) is 14.2 Å². The molecule has 0 rings (SSSR count). The van der Waals surface area contributed by atoms with Crippen molar-refractivity contribution in [2.45, 2.75) is 108 Å². The molecular weight excluding hydrogens is 320 g/mol. The van der Waals surface area contributed by atoms with Crippen LogP contribution in [0.1, 0.15) is 96.9 Å². The fourth-order valence-corrected chi connectivity index (χ4v) is 2.83. The van der Waals surface area contributed by atoms with Gasteiger partial charge in [0, 0.05) is 19.6 Å². The molecule has 156 valence electrons. The van der Waals surface area contributed by atoms with Crippen molar-refractivity contribution in [1.82, 2.24) is 0 Å². The van der Waals surface area contributed by atoms with Gasteiger partial charge in [0.25, 0.3) is 0 Å². The summed E-state index contributed by atoms with van der Waals surface area (Å²) in [6.45, 7) is 30.5. The van der Waals surface area contributed by atoms with E-state index in [9.17, 15) is 0 Å². The average Bonchev–Trinajstić information content (AvgIpc) is 2.51. The fourth-order valence-electron chi connectivity index (χ4n) is 2.83. The summed E-state index contributed by atoms with van der Waals surface area (Å²) < 4.78 is 11.2. The Morgan fingerprint density at radius 3 is 1.04 bits per heavy atom. The van der Waals surface area contributed by atoms with Crippen LogP contribution in [-0.4, -0.2) is 25.4 Å². The summed E-state index contributed by atoms with van der Waals surface area (Å²) in [6, 6.07) is 0. The fraction of sp³-hybridized carbons (Fsp3) is 0.833. The first-order valence-corrected chi connectivity index (χ1v) is 9.72. The lowest BCUT2D eigenvalue weighted by molar-refractivity contribution is -0.0539. The Hall–Kier alpha value is -0.600. The van der Waals surface area contributed by atoms with Crippen LogP contribution in [0.5, 0.6) is 0 Å². The summed E-state index contributed by atoms with van der Waals surface area (Å²) in [7, 11) is 3.57. The Balaban J connectivity index is 0. The van der Waals surface area contributed by atoms with Crippen LogP contribution in [-0.2, 0) is 9.47 Å². The van der Waals surface area contributed by atoms with Crippen molar-refractivity contribution in [1.29, 1.82) is 0 Å². The van der Waals surface area contributed by atoms with Gasteiger partial charge in [0.15, 0.2) is 0 Å². The minimum atomic E-state index is -0.161. The third kappa shape index (κ3) is 6.23. The van der Waals surface area contributed by atoms with E-state index >= 15 is 0 Å². The van der Waals surface area contributed by atoms with Gasteiger partial charge in [-0.05, 0) is 73.3 Å². The van der Waals surface area contributed by atoms with E-state index in [-0.39, 0.29) is 22.0 Å². The van der Waals surface area contributed by atoms with E-state index in [1.165, 1.54) is 22.3 Å². The van der Waals surface area contributed by atoms with Gasteiger partial charge in [-0.1, -0.05) is 51.3 Å². The minimum Gasteiger partial charge on any atom is -0.378 e. The molecule has 0 radical (unpaired) electrons. The summed E-state index contributed by atoms with van der Waals surface area (Å²) in [6.07, 6.45) is 0. The molecule has 1 unspecified atom stereocenters. The maximum absolute atomic E-state index is 5.67. The van der Waals surface area contributed by atoms with Crippen molar-refractivity contribution >= 4 is 0 Å². The third-order valence-electron chi connectivity index (χ3n) is 7.01. The quantitative estimate of drug-likeness (QED) is 0.465. The van der Waals surface area contributed by atoms with Crippen LogP contribution >= 0.6 is 0 Å². The van der Waals surface area contributed by atoms with E-state index in [0.29, 0.717) is 0 Å². The van der Waals surface area contributed by atoms with Gasteiger partial charge in [-0.15, -0.1) is 0 Å². The molecule has 0 fully saturated rings. The first-order valence-electron chi connectivity index (χ1n) is 9.72. The molecular formula is C24H48O2. The van der Waals surface area contributed by atoms with Crippen LogP contribution in [0.15, 0.2) is 22.3 Å². The van der Waals surface area contributed by atoms with E-state index in [1.807, 2.05) is 0 Å². The molecule has 26 heavy (non-hydrogen) atoms. The second kappa shape index (κ2) is 9.55. The van der Waals surface area contributed by atoms with Gasteiger partial charge in [-0.3, -0.25) is 0 Å². The molecule has 0 aromatic heterocycles. The van der Waals surface area contributed by atoms with Gasteiger partial charge in [0.1, 0.15) is 0 Å². The molecule has 1 atom stereocenters. The smallest absolute Gasteiger partial charge is 0.0907 e. The normalized spacial score (nSPS) is 14.8. The first kappa shape index (κ1) is 27.6. The Kier molecular flexibility index (Phi) is 10.1. The molecule has 0 aliphatic carbocycles. The molecule has 0 amide bonds. The molecule has 0 aromatic rings. The third-order valence-corrected chi connectivity index (χ3v) is 7.01. The molecule has 2 heteroatoms. The predicted molar refractivity (Wildman–Crippen MR) is 118 cm³/mol. The summed E-state index contributed by atoms with van der Waals surface area (Å²) in [5.74, 6) is 0. The lowest BCUT2D eigenvalue weighted by Crippen LogP contribution is -2.43. The maximum Gasteiger partial charge on any atom is 0.0907 e. The van der Waals surface area contributed by atoms with Crippen LogP contribution in [0.25, 0.3) is 0 Å². The molecule has 0 saturated heterocycles.